The minimum atomic E-state index is -0.695. The molecule has 1 saturated heterocycles. The monoisotopic (exact) mass is 377 g/mol. The minimum Gasteiger partial charge on any atom is -0.507 e. The first-order valence-corrected chi connectivity index (χ1v) is 9.17. The summed E-state index contributed by atoms with van der Waals surface area (Å²) in [6.07, 6.45) is 1.57. The van der Waals surface area contributed by atoms with Crippen LogP contribution < -0.4 is 4.74 Å². The number of hydrogen-bond acceptors (Lipinski definition) is 4. The summed E-state index contributed by atoms with van der Waals surface area (Å²) >= 11 is 0. The summed E-state index contributed by atoms with van der Waals surface area (Å²) in [6.45, 7) is 8.19. The van der Waals surface area contributed by atoms with Gasteiger partial charge in [0.1, 0.15) is 11.5 Å². The van der Waals surface area contributed by atoms with Gasteiger partial charge in [-0.25, -0.2) is 0 Å². The second-order valence-electron chi connectivity index (χ2n) is 6.56. The molecule has 1 atom stereocenters. The zero-order valence-electron chi connectivity index (χ0n) is 16.0. The second kappa shape index (κ2) is 8.13. The molecule has 5 nitrogen and oxygen atoms in total. The number of hydrogen-bond donors (Lipinski definition) is 1. The molecule has 28 heavy (non-hydrogen) atoms. The van der Waals surface area contributed by atoms with Gasteiger partial charge in [-0.15, -0.1) is 6.58 Å². The number of aliphatic hydroxyl groups is 1. The van der Waals surface area contributed by atoms with Crippen molar-refractivity contribution >= 4 is 17.4 Å². The first-order valence-electron chi connectivity index (χ1n) is 9.17. The summed E-state index contributed by atoms with van der Waals surface area (Å²) in [4.78, 5) is 26.8. The summed E-state index contributed by atoms with van der Waals surface area (Å²) in [6, 6.07) is 13.7. The largest absolute Gasteiger partial charge is 0.507 e. The fraction of sp³-hybridized carbons (Fsp3) is 0.217. The van der Waals surface area contributed by atoms with Crippen LogP contribution >= 0.6 is 0 Å². The Labute approximate surface area is 164 Å². The second-order valence-corrected chi connectivity index (χ2v) is 6.56. The Bertz CT molecular complexity index is 946. The Kier molecular flexibility index (Phi) is 5.64. The lowest BCUT2D eigenvalue weighted by molar-refractivity contribution is -0.139. The minimum absolute atomic E-state index is 0.0848. The van der Waals surface area contributed by atoms with Crippen LogP contribution in [0.2, 0.25) is 0 Å². The number of ketones is 1. The van der Waals surface area contributed by atoms with E-state index >= 15 is 0 Å². The highest BCUT2D eigenvalue weighted by molar-refractivity contribution is 6.46. The van der Waals surface area contributed by atoms with Gasteiger partial charge in [-0.2, -0.15) is 0 Å². The van der Waals surface area contributed by atoms with Gasteiger partial charge >= 0.3 is 0 Å². The molecular formula is C23H23NO4. The molecule has 0 aliphatic carbocycles. The Morgan fingerprint density at radius 3 is 2.54 bits per heavy atom. The molecule has 2 aromatic rings. The number of amides is 1. The number of nitrogens with zero attached hydrogens (tertiary/aromatic N) is 1. The maximum atomic E-state index is 12.8. The third kappa shape index (κ3) is 3.43. The lowest BCUT2D eigenvalue weighted by Crippen LogP contribution is -2.29. The Morgan fingerprint density at radius 1 is 1.21 bits per heavy atom. The fourth-order valence-corrected chi connectivity index (χ4v) is 3.46. The normalized spacial score (nSPS) is 18.4. The van der Waals surface area contributed by atoms with Crippen LogP contribution in [0.15, 0.2) is 66.8 Å². The van der Waals surface area contributed by atoms with E-state index in [2.05, 4.69) is 6.58 Å². The van der Waals surface area contributed by atoms with Gasteiger partial charge in [0.05, 0.1) is 18.2 Å². The van der Waals surface area contributed by atoms with Crippen molar-refractivity contribution in [3.8, 4) is 5.75 Å². The van der Waals surface area contributed by atoms with Gasteiger partial charge in [-0.1, -0.05) is 36.4 Å². The van der Waals surface area contributed by atoms with Crippen molar-refractivity contribution in [3.63, 3.8) is 0 Å². The van der Waals surface area contributed by atoms with Crippen LogP contribution in [-0.4, -0.2) is 34.8 Å². The number of carbonyl (C=O) groups is 2. The van der Waals surface area contributed by atoms with Gasteiger partial charge in [0, 0.05) is 12.1 Å². The van der Waals surface area contributed by atoms with Crippen LogP contribution in [0.25, 0.3) is 5.76 Å². The zero-order valence-corrected chi connectivity index (χ0v) is 16.0. The summed E-state index contributed by atoms with van der Waals surface area (Å²) in [5.41, 5.74) is 2.15. The van der Waals surface area contributed by atoms with E-state index in [1.165, 1.54) is 4.90 Å². The van der Waals surface area contributed by atoms with E-state index in [9.17, 15) is 14.7 Å². The van der Waals surface area contributed by atoms with Crippen molar-refractivity contribution in [2.45, 2.75) is 19.9 Å². The quantitative estimate of drug-likeness (QED) is 0.358. The lowest BCUT2D eigenvalue weighted by atomic mass is 9.95. The molecule has 0 spiro atoms. The molecule has 0 bridgehead atoms. The number of Topliss-reactive ketones (excluding diaryl/α,β-unsaturated/α-hetero) is 1. The average Bonchev–Trinajstić information content (AvgIpc) is 2.95. The van der Waals surface area contributed by atoms with Crippen LogP contribution in [0, 0.1) is 6.92 Å². The van der Waals surface area contributed by atoms with Crippen molar-refractivity contribution in [2.24, 2.45) is 0 Å². The molecule has 1 aliphatic heterocycles. The van der Waals surface area contributed by atoms with E-state index in [4.69, 9.17) is 4.74 Å². The Hall–Kier alpha value is -3.34. The predicted molar refractivity (Wildman–Crippen MR) is 108 cm³/mol. The highest BCUT2D eigenvalue weighted by Crippen LogP contribution is 2.39. The number of ether oxygens (including phenoxy) is 1. The molecule has 1 N–H and O–H groups in total. The molecule has 3 rings (SSSR count). The summed E-state index contributed by atoms with van der Waals surface area (Å²) in [5, 5.41) is 11.0. The van der Waals surface area contributed by atoms with Crippen LogP contribution in [0.3, 0.4) is 0 Å². The van der Waals surface area contributed by atoms with E-state index in [1.807, 2.05) is 44.2 Å². The van der Waals surface area contributed by atoms with Crippen LogP contribution in [0.1, 0.15) is 29.7 Å². The van der Waals surface area contributed by atoms with Crippen molar-refractivity contribution in [1.82, 2.24) is 4.90 Å². The van der Waals surface area contributed by atoms with Gasteiger partial charge in [0.2, 0.25) is 0 Å². The van der Waals surface area contributed by atoms with Crippen molar-refractivity contribution in [3.05, 3.63) is 83.4 Å². The number of aliphatic hydroxyl groups excluding tert-OH is 1. The molecule has 1 aliphatic rings. The number of likely N-dealkylation sites (tertiary alicyclic amines) is 1. The van der Waals surface area contributed by atoms with Gasteiger partial charge in [-0.05, 0) is 43.2 Å². The molecule has 1 heterocycles. The van der Waals surface area contributed by atoms with Gasteiger partial charge in [0.25, 0.3) is 11.7 Å². The number of rotatable bonds is 6. The topological polar surface area (TPSA) is 66.8 Å². The van der Waals surface area contributed by atoms with Gasteiger partial charge in [0.15, 0.2) is 0 Å². The van der Waals surface area contributed by atoms with Crippen molar-refractivity contribution < 1.29 is 19.4 Å². The third-order valence-corrected chi connectivity index (χ3v) is 4.73. The number of benzene rings is 2. The molecule has 0 saturated carbocycles. The third-order valence-electron chi connectivity index (χ3n) is 4.73. The van der Waals surface area contributed by atoms with E-state index in [1.54, 1.807) is 24.3 Å². The molecule has 5 heteroatoms. The van der Waals surface area contributed by atoms with E-state index in [0.29, 0.717) is 17.9 Å². The van der Waals surface area contributed by atoms with Crippen LogP contribution in [0.4, 0.5) is 0 Å². The smallest absolute Gasteiger partial charge is 0.295 e. The first-order chi connectivity index (χ1) is 13.5. The van der Waals surface area contributed by atoms with Crippen LogP contribution in [0.5, 0.6) is 5.75 Å². The molecule has 0 radical (unpaired) electrons. The van der Waals surface area contributed by atoms with E-state index in [-0.39, 0.29) is 17.9 Å². The molecular weight excluding hydrogens is 354 g/mol. The maximum Gasteiger partial charge on any atom is 0.295 e. The Morgan fingerprint density at radius 2 is 1.93 bits per heavy atom. The molecule has 0 aromatic heterocycles. The standard InChI is InChI=1S/C23H23NO4/c1-4-13-24-20(16-9-7-6-8-10-16)19(22(26)23(24)27)21(25)17-11-12-18(28-5-2)15(3)14-17/h4,6-12,14,20,25H,1,5,13H2,2-3H3. The number of carbonyl (C=O) groups excluding carboxylic acids is 2. The fourth-order valence-electron chi connectivity index (χ4n) is 3.46. The molecule has 2 aromatic carbocycles. The van der Waals surface area contributed by atoms with Crippen molar-refractivity contribution in [1.29, 1.82) is 0 Å². The predicted octanol–water partition coefficient (Wildman–Crippen LogP) is 4.00. The SMILES string of the molecule is C=CCN1C(=O)C(=O)C(=C(O)c2ccc(OCC)c(C)c2)C1c1ccccc1. The maximum absolute atomic E-state index is 12.8. The summed E-state index contributed by atoms with van der Waals surface area (Å²) < 4.78 is 5.54. The summed E-state index contributed by atoms with van der Waals surface area (Å²) in [5.74, 6) is -0.812. The van der Waals surface area contributed by atoms with Crippen LogP contribution in [-0.2, 0) is 9.59 Å². The molecule has 1 unspecified atom stereocenters. The first kappa shape index (κ1) is 19.4. The average molecular weight is 377 g/mol. The summed E-state index contributed by atoms with van der Waals surface area (Å²) in [7, 11) is 0. The highest BCUT2D eigenvalue weighted by Gasteiger charge is 2.45. The van der Waals surface area contributed by atoms with E-state index in [0.717, 1.165) is 11.1 Å². The van der Waals surface area contributed by atoms with E-state index < -0.39 is 17.7 Å². The molecule has 1 amide bonds. The lowest BCUT2D eigenvalue weighted by Gasteiger charge is -2.24. The Balaban J connectivity index is 2.15. The van der Waals surface area contributed by atoms with Gasteiger partial charge < -0.3 is 14.7 Å². The zero-order chi connectivity index (χ0) is 20.3. The highest BCUT2D eigenvalue weighted by atomic mass is 16.5. The number of aryl methyl sites for hydroxylation is 1. The molecule has 144 valence electrons. The van der Waals surface area contributed by atoms with Gasteiger partial charge in [-0.3, -0.25) is 9.59 Å². The van der Waals surface area contributed by atoms with Crippen molar-refractivity contribution in [2.75, 3.05) is 13.2 Å². The molecule has 1 fully saturated rings.